The van der Waals surface area contributed by atoms with E-state index in [1.165, 1.54) is 0 Å². The van der Waals surface area contributed by atoms with Gasteiger partial charge in [-0.2, -0.15) is 0 Å². The first-order valence-corrected chi connectivity index (χ1v) is 8.74. The van der Waals surface area contributed by atoms with Gasteiger partial charge in [-0.15, -0.1) is 0 Å². The summed E-state index contributed by atoms with van der Waals surface area (Å²) in [6.45, 7) is -11.0. The summed E-state index contributed by atoms with van der Waals surface area (Å²) in [6, 6.07) is -3.51. The lowest BCUT2D eigenvalue weighted by Crippen LogP contribution is -2.37. The monoisotopic (exact) mass is 430 g/mol. The van der Waals surface area contributed by atoms with Gasteiger partial charge < -0.3 is 9.42 Å². The number of hydrogen-bond acceptors (Lipinski definition) is 5. The van der Waals surface area contributed by atoms with Crippen LogP contribution in [-0.2, 0) is 19.3 Å². The van der Waals surface area contributed by atoms with Crippen LogP contribution >= 0.6 is 0 Å². The third-order valence-corrected chi connectivity index (χ3v) is 4.45. The Balaban J connectivity index is 1.67. The molecule has 1 saturated heterocycles. The van der Waals surface area contributed by atoms with Gasteiger partial charge in [-0.3, -0.25) is 9.36 Å². The van der Waals surface area contributed by atoms with Crippen molar-refractivity contribution in [2.24, 2.45) is 0 Å². The van der Waals surface area contributed by atoms with Crippen LogP contribution in [0.15, 0.2) is 27.4 Å². The van der Waals surface area contributed by atoms with Gasteiger partial charge in [0.15, 0.2) is 5.58 Å². The highest BCUT2D eigenvalue weighted by molar-refractivity contribution is 5.79. The second-order valence-electron chi connectivity index (χ2n) is 6.30. The molecule has 0 unspecified atom stereocenters. The van der Waals surface area contributed by atoms with Gasteiger partial charge in [0.2, 0.25) is 0 Å². The standard InChI is InChI=1S/C23H27FN4O2/c1-15-18(23(29)28-10-3-2-4-21(28)25-15)9-13-27-11-7-16(8-12-27)22-19-6-5-17(24)14-20(19)30-26-22/h5-6,14,16H,2-4,7-13H2,1H3/i2D2,3D2,4D2,5D,6D,7D2,8D2,10D2,11D2,12D2,14D,16D. The molecule has 2 aliphatic rings. The van der Waals surface area contributed by atoms with E-state index in [9.17, 15) is 9.18 Å². The van der Waals surface area contributed by atoms with Crippen LogP contribution in [0.25, 0.3) is 11.0 Å². The van der Waals surface area contributed by atoms with Gasteiger partial charge in [-0.25, -0.2) is 9.37 Å². The van der Waals surface area contributed by atoms with Crippen LogP contribution in [0.5, 0.6) is 0 Å². The number of aromatic nitrogens is 3. The van der Waals surface area contributed by atoms with Gasteiger partial charge in [-0.05, 0) is 63.9 Å². The van der Waals surface area contributed by atoms with Gasteiger partial charge in [0.1, 0.15) is 11.6 Å². The van der Waals surface area contributed by atoms with E-state index in [-0.39, 0.29) is 15.2 Å². The van der Waals surface area contributed by atoms with Gasteiger partial charge in [-0.1, -0.05) is 5.16 Å². The van der Waals surface area contributed by atoms with Crippen molar-refractivity contribution < 1.29 is 36.3 Å². The Labute approximate surface area is 202 Å². The third-order valence-electron chi connectivity index (χ3n) is 4.45. The molecule has 0 radical (unpaired) electrons. The summed E-state index contributed by atoms with van der Waals surface area (Å²) in [5.41, 5.74) is -4.57. The Morgan fingerprint density at radius 2 is 2.17 bits per heavy atom. The quantitative estimate of drug-likeness (QED) is 0.633. The Hall–Kier alpha value is -2.54. The van der Waals surface area contributed by atoms with Crippen LogP contribution in [-0.4, -0.2) is 39.1 Å². The fourth-order valence-corrected chi connectivity index (χ4v) is 2.98. The lowest BCUT2D eigenvalue weighted by atomic mass is 9.91. The molecule has 30 heavy (non-hydrogen) atoms. The molecule has 0 N–H and O–H groups in total. The Kier molecular flexibility index (Phi) is 1.92. The predicted molar refractivity (Wildman–Crippen MR) is 112 cm³/mol. The summed E-state index contributed by atoms with van der Waals surface area (Å²) in [6.07, 6.45) is -19.2. The number of benzene rings is 1. The van der Waals surface area contributed by atoms with E-state index in [1.54, 1.807) is 0 Å². The molecule has 0 aliphatic carbocycles. The molecule has 2 aliphatic heterocycles. The molecule has 5 rings (SSSR count). The fraction of sp³-hybridized carbons (Fsp3) is 0.522. The van der Waals surface area contributed by atoms with Gasteiger partial charge in [0, 0.05) is 71.3 Å². The van der Waals surface area contributed by atoms with Gasteiger partial charge in [0.05, 0.1) is 9.81 Å². The van der Waals surface area contributed by atoms with Crippen LogP contribution in [0.2, 0.25) is 0 Å². The molecule has 6 nitrogen and oxygen atoms in total. The maximum absolute atomic E-state index is 14.4. The summed E-state index contributed by atoms with van der Waals surface area (Å²) in [5, 5.41) is 2.49. The number of hydrogen-bond donors (Lipinski definition) is 0. The van der Waals surface area contributed by atoms with Crippen molar-refractivity contribution in [3.8, 4) is 0 Å². The topological polar surface area (TPSA) is 64.2 Å². The molecule has 2 aromatic heterocycles. The number of piperidine rings is 1. The van der Waals surface area contributed by atoms with E-state index in [4.69, 9.17) is 31.9 Å². The summed E-state index contributed by atoms with van der Waals surface area (Å²) in [7, 11) is 0. The van der Waals surface area contributed by atoms with E-state index >= 15 is 0 Å². The third kappa shape index (κ3) is 3.55. The molecule has 1 fully saturated rings. The fourth-order valence-electron chi connectivity index (χ4n) is 2.98. The summed E-state index contributed by atoms with van der Waals surface area (Å²) < 4.78 is 188. The highest BCUT2D eigenvalue weighted by Gasteiger charge is 2.25. The van der Waals surface area contributed by atoms with Crippen molar-refractivity contribution >= 4 is 11.0 Å². The average molecular weight is 431 g/mol. The van der Waals surface area contributed by atoms with Crippen LogP contribution in [0, 0.1) is 12.7 Å². The number of halogens is 1. The molecule has 0 amide bonds. The molecule has 1 aromatic carbocycles. The number of nitrogens with zero attached hydrogens (tertiary/aromatic N) is 4. The first kappa shape index (κ1) is 7.26. The minimum Gasteiger partial charge on any atom is -0.356 e. The number of rotatable bonds is 4. The highest BCUT2D eigenvalue weighted by atomic mass is 19.1. The maximum Gasteiger partial charge on any atom is 0.256 e. The van der Waals surface area contributed by atoms with Crippen molar-refractivity contribution in [2.45, 2.75) is 57.6 Å². The van der Waals surface area contributed by atoms with Gasteiger partial charge >= 0.3 is 0 Å². The lowest BCUT2D eigenvalue weighted by molar-refractivity contribution is 0.211. The minimum absolute atomic E-state index is 0.0109. The molecule has 0 saturated carbocycles. The Bertz CT molecular complexity index is 1980. The predicted octanol–water partition coefficient (Wildman–Crippen LogP) is 3.59. The second-order valence-corrected chi connectivity index (χ2v) is 6.30. The van der Waals surface area contributed by atoms with Crippen molar-refractivity contribution in [1.29, 1.82) is 0 Å². The van der Waals surface area contributed by atoms with E-state index in [2.05, 4.69) is 10.1 Å². The zero-order chi connectivity index (χ0) is 38.5. The van der Waals surface area contributed by atoms with Crippen LogP contribution in [0.3, 0.4) is 0 Å². The molecule has 3 aromatic rings. The normalized spacial score (nSPS) is 42.3. The first-order chi connectivity index (χ1) is 22.3. The van der Waals surface area contributed by atoms with Crippen molar-refractivity contribution in [1.82, 2.24) is 19.6 Å². The number of likely N-dealkylation sites (tertiary alicyclic amines) is 1. The van der Waals surface area contributed by atoms with E-state index < -0.39 is 128 Å². The first-order valence-electron chi connectivity index (χ1n) is 18.7. The molecular weight excluding hydrogens is 383 g/mol. The van der Waals surface area contributed by atoms with Crippen LogP contribution < -0.4 is 5.56 Å². The molecular formula is C23H27FN4O2. The molecule has 0 spiro atoms. The summed E-state index contributed by atoms with van der Waals surface area (Å²) in [5.74, 6) is -6.45. The van der Waals surface area contributed by atoms with E-state index in [0.717, 1.165) is 6.92 Å². The second kappa shape index (κ2) is 7.95. The van der Waals surface area contributed by atoms with Crippen LogP contribution in [0.4, 0.5) is 4.39 Å². The average Bonchev–Trinajstić information content (AvgIpc) is 3.43. The number of aryl methyl sites for hydroxylation is 2. The smallest absolute Gasteiger partial charge is 0.256 e. The van der Waals surface area contributed by atoms with Crippen molar-refractivity contribution in [3.63, 3.8) is 0 Å². The largest absolute Gasteiger partial charge is 0.356 e. The zero-order valence-corrected chi connectivity index (χ0v) is 15.4. The highest BCUT2D eigenvalue weighted by Crippen LogP contribution is 2.32. The Morgan fingerprint density at radius 3 is 3.00 bits per heavy atom. The SMILES string of the molecule is [2H]c1c(F)c([2H])c2onc(C3([2H])C([2H])([2H])C([2H])([2H])N(CCc4c(C)nc5n(c4=O)C([2H])([2H])C([2H])([2H])C([2H])([2H])C5([2H])[2H])C([2H])([2H])C3([2H])[2H])c2c1[2H]. The van der Waals surface area contributed by atoms with Crippen molar-refractivity contribution in [3.05, 3.63) is 57.1 Å². The van der Waals surface area contributed by atoms with Crippen LogP contribution in [0.1, 0.15) is 81.6 Å². The van der Waals surface area contributed by atoms with E-state index in [1.807, 2.05) is 0 Å². The molecule has 4 heterocycles. The minimum atomic E-state index is -3.88. The summed E-state index contributed by atoms with van der Waals surface area (Å²) in [4.78, 5) is 17.6. The molecule has 158 valence electrons. The van der Waals surface area contributed by atoms with E-state index in [0.29, 0.717) is 0 Å². The van der Waals surface area contributed by atoms with Gasteiger partial charge in [0.25, 0.3) is 5.56 Å². The zero-order valence-electron chi connectivity index (χ0n) is 35.4. The molecule has 0 bridgehead atoms. The summed E-state index contributed by atoms with van der Waals surface area (Å²) >= 11 is 0. The Morgan fingerprint density at radius 1 is 1.33 bits per heavy atom. The lowest BCUT2D eigenvalue weighted by Gasteiger charge is -2.31. The maximum atomic E-state index is 14.4. The number of fused-ring (bicyclic) bond motifs is 2. The van der Waals surface area contributed by atoms with Crippen molar-refractivity contribution in [2.75, 3.05) is 19.5 Å². The molecule has 7 heteroatoms. The molecule has 0 atom stereocenters.